The number of carbonyl (C=O) groups is 1. The van der Waals surface area contributed by atoms with Crippen LogP contribution in [0.3, 0.4) is 0 Å². The first-order chi connectivity index (χ1) is 14.1. The molecule has 1 aliphatic heterocycles. The molecule has 3 rings (SSSR count). The number of aryl methyl sites for hydroxylation is 1. The molecule has 2 aromatic carbocycles. The van der Waals surface area contributed by atoms with Crippen LogP contribution in [0, 0.1) is 24.2 Å². The van der Waals surface area contributed by atoms with Crippen LogP contribution >= 0.6 is 0 Å². The Balaban J connectivity index is 1.69. The summed E-state index contributed by atoms with van der Waals surface area (Å²) in [7, 11) is 0. The molecule has 0 amide bonds. The van der Waals surface area contributed by atoms with Gasteiger partial charge in [0.15, 0.2) is 5.78 Å². The van der Waals surface area contributed by atoms with Gasteiger partial charge in [0.05, 0.1) is 12.5 Å². The van der Waals surface area contributed by atoms with E-state index < -0.39 is 0 Å². The molecule has 0 radical (unpaired) electrons. The third-order valence-electron chi connectivity index (χ3n) is 5.66. The zero-order valence-corrected chi connectivity index (χ0v) is 18.7. The number of nitrogens with one attached hydrogen (secondary N) is 1. The van der Waals surface area contributed by atoms with Gasteiger partial charge in [-0.25, -0.2) is 0 Å². The Hall–Kier alpha value is -2.64. The van der Waals surface area contributed by atoms with E-state index in [1.165, 1.54) is 0 Å². The van der Waals surface area contributed by atoms with Crippen LogP contribution in [0.1, 0.15) is 68.4 Å². The molecule has 0 aliphatic carbocycles. The molecule has 0 unspecified atom stereocenters. The quantitative estimate of drug-likeness (QED) is 0.601. The van der Waals surface area contributed by atoms with Gasteiger partial charge in [-0.15, -0.1) is 0 Å². The normalized spacial score (nSPS) is 17.9. The minimum atomic E-state index is 0.0421. The number of benzene rings is 2. The summed E-state index contributed by atoms with van der Waals surface area (Å²) in [6.45, 7) is 10.8. The topological polar surface area (TPSA) is 62.1 Å². The highest BCUT2D eigenvalue weighted by atomic mass is 16.5. The van der Waals surface area contributed by atoms with Crippen molar-refractivity contribution in [3.63, 3.8) is 0 Å². The van der Waals surface area contributed by atoms with E-state index in [-0.39, 0.29) is 16.9 Å². The molecule has 0 atom stereocenters. The number of ether oxygens (including phenoxy) is 1. The minimum Gasteiger partial charge on any atom is -0.457 e. The first kappa shape index (κ1) is 22.1. The van der Waals surface area contributed by atoms with Crippen molar-refractivity contribution < 1.29 is 9.53 Å². The van der Waals surface area contributed by atoms with Crippen molar-refractivity contribution in [1.29, 1.82) is 5.26 Å². The summed E-state index contributed by atoms with van der Waals surface area (Å²) in [4.78, 5) is 13.0. The fraction of sp³-hybridized carbons (Fsp3) is 0.462. The number of carbonyl (C=O) groups excluding carboxylic acids is 1. The van der Waals surface area contributed by atoms with Crippen molar-refractivity contribution in [1.82, 2.24) is 5.32 Å². The van der Waals surface area contributed by atoms with E-state index in [2.05, 4.69) is 39.1 Å². The van der Waals surface area contributed by atoms with Crippen LogP contribution in [0.25, 0.3) is 0 Å². The van der Waals surface area contributed by atoms with E-state index >= 15 is 0 Å². The van der Waals surface area contributed by atoms with Gasteiger partial charge in [0.2, 0.25) is 0 Å². The zero-order valence-electron chi connectivity index (χ0n) is 18.7. The molecule has 1 fully saturated rings. The van der Waals surface area contributed by atoms with Crippen LogP contribution in [0.15, 0.2) is 42.5 Å². The van der Waals surface area contributed by atoms with Crippen LogP contribution in [0.5, 0.6) is 11.5 Å². The Morgan fingerprint density at radius 3 is 2.47 bits per heavy atom. The lowest BCUT2D eigenvalue weighted by molar-refractivity contribution is 0.0864. The molecule has 0 spiro atoms. The molecule has 4 nitrogen and oxygen atoms in total. The molecule has 4 heteroatoms. The Morgan fingerprint density at radius 1 is 1.13 bits per heavy atom. The molecule has 0 bridgehead atoms. The highest BCUT2D eigenvalue weighted by molar-refractivity contribution is 5.96. The summed E-state index contributed by atoms with van der Waals surface area (Å²) in [6.07, 6.45) is 2.93. The van der Waals surface area contributed by atoms with E-state index in [4.69, 9.17) is 10.00 Å². The summed E-state index contributed by atoms with van der Waals surface area (Å²) >= 11 is 0. The summed E-state index contributed by atoms with van der Waals surface area (Å²) in [5.41, 5.74) is 2.68. The van der Waals surface area contributed by atoms with Crippen LogP contribution in [-0.2, 0) is 6.42 Å². The Kier molecular flexibility index (Phi) is 6.33. The van der Waals surface area contributed by atoms with Crippen LogP contribution in [-0.4, -0.2) is 16.9 Å². The molecule has 30 heavy (non-hydrogen) atoms. The Morgan fingerprint density at radius 2 is 1.83 bits per heavy atom. The maximum Gasteiger partial charge on any atom is 0.163 e. The second-order valence-corrected chi connectivity index (χ2v) is 9.86. The summed E-state index contributed by atoms with van der Waals surface area (Å²) in [5, 5.41) is 12.6. The van der Waals surface area contributed by atoms with E-state index in [0.717, 1.165) is 35.3 Å². The minimum absolute atomic E-state index is 0.0421. The first-order valence-corrected chi connectivity index (χ1v) is 10.6. The van der Waals surface area contributed by atoms with Gasteiger partial charge in [-0.3, -0.25) is 4.79 Å². The molecule has 2 aromatic rings. The maximum absolute atomic E-state index is 13.0. The van der Waals surface area contributed by atoms with Crippen molar-refractivity contribution in [2.75, 3.05) is 0 Å². The van der Waals surface area contributed by atoms with Crippen molar-refractivity contribution >= 4 is 5.78 Å². The van der Waals surface area contributed by atoms with Gasteiger partial charge < -0.3 is 10.1 Å². The average molecular weight is 405 g/mol. The number of rotatable bonds is 6. The van der Waals surface area contributed by atoms with Crippen LogP contribution < -0.4 is 10.1 Å². The van der Waals surface area contributed by atoms with Gasteiger partial charge in [-0.05, 0) is 94.8 Å². The van der Waals surface area contributed by atoms with Crippen molar-refractivity contribution in [3.8, 4) is 17.6 Å². The van der Waals surface area contributed by atoms with E-state index in [1.807, 2.05) is 49.4 Å². The average Bonchev–Trinajstić information content (AvgIpc) is 2.61. The second kappa shape index (κ2) is 8.62. The largest absolute Gasteiger partial charge is 0.457 e. The predicted molar refractivity (Wildman–Crippen MR) is 120 cm³/mol. The van der Waals surface area contributed by atoms with Gasteiger partial charge in [-0.1, -0.05) is 12.1 Å². The van der Waals surface area contributed by atoms with Crippen molar-refractivity contribution in [2.24, 2.45) is 5.92 Å². The lowest BCUT2D eigenvalue weighted by atomic mass is 9.74. The monoisotopic (exact) mass is 404 g/mol. The molecule has 1 N–H and O–H groups in total. The van der Waals surface area contributed by atoms with E-state index in [9.17, 15) is 4.79 Å². The van der Waals surface area contributed by atoms with Gasteiger partial charge in [-0.2, -0.15) is 5.26 Å². The number of Topliss-reactive ketones (excluding diaryl/α,β-unsaturated/α-hetero) is 1. The molecule has 1 aliphatic rings. The first-order valence-electron chi connectivity index (χ1n) is 10.6. The second-order valence-electron chi connectivity index (χ2n) is 9.86. The van der Waals surface area contributed by atoms with Gasteiger partial charge in [0.25, 0.3) is 0 Å². The van der Waals surface area contributed by atoms with Crippen molar-refractivity contribution in [2.45, 2.75) is 71.4 Å². The number of nitrogens with zero attached hydrogens (tertiary/aromatic N) is 1. The smallest absolute Gasteiger partial charge is 0.163 e. The fourth-order valence-electron chi connectivity index (χ4n) is 4.93. The molecule has 0 aromatic heterocycles. The number of piperidine rings is 1. The molecule has 1 saturated heterocycles. The fourth-order valence-corrected chi connectivity index (χ4v) is 4.93. The lowest BCUT2D eigenvalue weighted by Gasteiger charge is -2.46. The summed E-state index contributed by atoms with van der Waals surface area (Å²) < 4.78 is 6.01. The molecule has 158 valence electrons. The number of ketones is 1. The molecular formula is C26H32N2O2. The Bertz CT molecular complexity index is 953. The van der Waals surface area contributed by atoms with Crippen LogP contribution in [0.2, 0.25) is 0 Å². The van der Waals surface area contributed by atoms with E-state index in [0.29, 0.717) is 24.5 Å². The Labute approximate surface area is 180 Å². The number of hydrogen-bond acceptors (Lipinski definition) is 4. The predicted octanol–water partition coefficient (Wildman–Crippen LogP) is 5.98. The SMILES string of the molecule is Cc1cc(C(=O)CC2CC(C)(C)NC(C)(C)C2)ccc1Oc1cccc(CC#N)c1. The highest BCUT2D eigenvalue weighted by Gasteiger charge is 2.38. The van der Waals surface area contributed by atoms with Crippen LogP contribution in [0.4, 0.5) is 0 Å². The summed E-state index contributed by atoms with van der Waals surface area (Å²) in [5.74, 6) is 2.00. The standard InChI is InChI=1S/C26H32N2O2/c1-18-13-21(23(29)15-20-16-25(2,3)28-26(4,5)17-20)9-10-24(18)30-22-8-6-7-19(14-22)11-12-27/h6-10,13-14,20,28H,11,15-17H2,1-5H3. The van der Waals surface area contributed by atoms with Gasteiger partial charge in [0, 0.05) is 23.1 Å². The van der Waals surface area contributed by atoms with Gasteiger partial charge >= 0.3 is 0 Å². The lowest BCUT2D eigenvalue weighted by Crippen LogP contribution is -2.57. The third-order valence-corrected chi connectivity index (χ3v) is 5.66. The van der Waals surface area contributed by atoms with Gasteiger partial charge in [0.1, 0.15) is 11.5 Å². The summed E-state index contributed by atoms with van der Waals surface area (Å²) in [6, 6.07) is 15.4. The molecule has 0 saturated carbocycles. The molecule has 1 heterocycles. The molecular weight excluding hydrogens is 372 g/mol. The van der Waals surface area contributed by atoms with Crippen molar-refractivity contribution in [3.05, 3.63) is 59.2 Å². The van der Waals surface area contributed by atoms with E-state index in [1.54, 1.807) is 0 Å². The maximum atomic E-state index is 13.0. The number of nitriles is 1. The number of hydrogen-bond donors (Lipinski definition) is 1. The highest BCUT2D eigenvalue weighted by Crippen LogP contribution is 2.35. The zero-order chi connectivity index (χ0) is 21.9. The third kappa shape index (κ3) is 5.70.